The molecule has 1 atom stereocenters. The Morgan fingerprint density at radius 2 is 2.32 bits per heavy atom. The summed E-state index contributed by atoms with van der Waals surface area (Å²) in [6.45, 7) is 5.91. The van der Waals surface area contributed by atoms with Crippen LogP contribution >= 0.6 is 15.9 Å². The van der Waals surface area contributed by atoms with Crippen molar-refractivity contribution in [2.75, 3.05) is 19.7 Å². The van der Waals surface area contributed by atoms with Crippen LogP contribution in [-0.2, 0) is 0 Å². The first-order valence-corrected chi connectivity index (χ1v) is 7.59. The van der Waals surface area contributed by atoms with E-state index in [2.05, 4.69) is 29.8 Å². The van der Waals surface area contributed by atoms with Gasteiger partial charge in [-0.15, -0.1) is 0 Å². The summed E-state index contributed by atoms with van der Waals surface area (Å²) in [7, 11) is 0. The summed E-state index contributed by atoms with van der Waals surface area (Å²) in [4.78, 5) is 14.5. The fraction of sp³-hybridized carbons (Fsp3) is 0.643. The molecule has 0 radical (unpaired) electrons. The van der Waals surface area contributed by atoms with Crippen molar-refractivity contribution < 1.29 is 9.90 Å². The molecule has 1 aliphatic heterocycles. The van der Waals surface area contributed by atoms with E-state index in [1.165, 1.54) is 0 Å². The third-order valence-electron chi connectivity index (χ3n) is 3.70. The first-order valence-electron chi connectivity index (χ1n) is 6.80. The van der Waals surface area contributed by atoms with Crippen LogP contribution in [0, 0.1) is 5.92 Å². The number of aliphatic hydroxyl groups excluding tert-OH is 1. The zero-order valence-electron chi connectivity index (χ0n) is 11.5. The number of amides is 1. The lowest BCUT2D eigenvalue weighted by Gasteiger charge is -2.19. The van der Waals surface area contributed by atoms with Crippen molar-refractivity contribution in [1.82, 2.24) is 9.47 Å². The molecule has 4 nitrogen and oxygen atoms in total. The van der Waals surface area contributed by atoms with Crippen LogP contribution in [0.3, 0.4) is 0 Å². The lowest BCUT2D eigenvalue weighted by molar-refractivity contribution is 0.0772. The number of aromatic nitrogens is 1. The van der Waals surface area contributed by atoms with Crippen LogP contribution in [0.15, 0.2) is 16.7 Å². The number of halogens is 1. The third kappa shape index (κ3) is 3.20. The average molecular weight is 329 g/mol. The van der Waals surface area contributed by atoms with Gasteiger partial charge in [0.2, 0.25) is 0 Å². The largest absolute Gasteiger partial charge is 0.396 e. The Hall–Kier alpha value is -0.810. The maximum atomic E-state index is 12.6. The maximum Gasteiger partial charge on any atom is 0.270 e. The van der Waals surface area contributed by atoms with Gasteiger partial charge in [-0.1, -0.05) is 0 Å². The Labute approximate surface area is 122 Å². The minimum absolute atomic E-state index is 0.0971. The highest BCUT2D eigenvalue weighted by atomic mass is 79.9. The lowest BCUT2D eigenvalue weighted by Crippen LogP contribution is -2.30. The molecule has 106 valence electrons. The van der Waals surface area contributed by atoms with Gasteiger partial charge in [0.15, 0.2) is 0 Å². The van der Waals surface area contributed by atoms with E-state index < -0.39 is 0 Å². The summed E-state index contributed by atoms with van der Waals surface area (Å²) >= 11 is 3.44. The molecule has 0 aliphatic carbocycles. The van der Waals surface area contributed by atoms with Crippen molar-refractivity contribution in [3.05, 3.63) is 22.4 Å². The van der Waals surface area contributed by atoms with Crippen LogP contribution in [-0.4, -0.2) is 40.2 Å². The smallest absolute Gasteiger partial charge is 0.270 e. The molecule has 0 aromatic carbocycles. The predicted molar refractivity (Wildman–Crippen MR) is 78.2 cm³/mol. The Bertz CT molecular complexity index is 456. The highest BCUT2D eigenvalue weighted by Crippen LogP contribution is 2.25. The molecular formula is C14H21BrN2O2. The van der Waals surface area contributed by atoms with Gasteiger partial charge in [0, 0.05) is 36.4 Å². The summed E-state index contributed by atoms with van der Waals surface area (Å²) in [5.41, 5.74) is 0.742. The van der Waals surface area contributed by atoms with Crippen LogP contribution in [0.2, 0.25) is 0 Å². The van der Waals surface area contributed by atoms with Gasteiger partial charge in [0.1, 0.15) is 5.69 Å². The van der Waals surface area contributed by atoms with Crippen molar-refractivity contribution in [2.45, 2.75) is 32.7 Å². The summed E-state index contributed by atoms with van der Waals surface area (Å²) in [6, 6.07) is 2.16. The molecule has 2 heterocycles. The second-order valence-corrected chi connectivity index (χ2v) is 6.38. The zero-order valence-corrected chi connectivity index (χ0v) is 13.1. The molecular weight excluding hydrogens is 308 g/mol. The van der Waals surface area contributed by atoms with Crippen LogP contribution < -0.4 is 0 Å². The fourth-order valence-corrected chi connectivity index (χ4v) is 3.08. The van der Waals surface area contributed by atoms with Crippen molar-refractivity contribution >= 4 is 21.8 Å². The molecule has 0 bridgehead atoms. The van der Waals surface area contributed by atoms with Crippen LogP contribution in [0.1, 0.15) is 43.2 Å². The summed E-state index contributed by atoms with van der Waals surface area (Å²) in [6.07, 6.45) is 3.74. The quantitative estimate of drug-likeness (QED) is 0.923. The maximum absolute atomic E-state index is 12.6. The Morgan fingerprint density at radius 1 is 1.58 bits per heavy atom. The predicted octanol–water partition coefficient (Wildman–Crippen LogP) is 2.68. The van der Waals surface area contributed by atoms with Gasteiger partial charge in [-0.2, -0.15) is 0 Å². The second kappa shape index (κ2) is 6.09. The number of rotatable bonds is 4. The highest BCUT2D eigenvalue weighted by Gasteiger charge is 2.28. The summed E-state index contributed by atoms with van der Waals surface area (Å²) in [5.74, 6) is 0.541. The highest BCUT2D eigenvalue weighted by molar-refractivity contribution is 9.10. The van der Waals surface area contributed by atoms with E-state index >= 15 is 0 Å². The molecule has 1 N–H and O–H groups in total. The minimum Gasteiger partial charge on any atom is -0.396 e. The van der Waals surface area contributed by atoms with E-state index in [1.807, 2.05) is 21.7 Å². The third-order valence-corrected chi connectivity index (χ3v) is 4.13. The molecule has 0 spiro atoms. The average Bonchev–Trinajstić information content (AvgIpc) is 2.95. The number of hydrogen-bond acceptors (Lipinski definition) is 2. The summed E-state index contributed by atoms with van der Waals surface area (Å²) in [5, 5.41) is 8.98. The van der Waals surface area contributed by atoms with Gasteiger partial charge in [-0.3, -0.25) is 4.79 Å². The standard InChI is InChI=1S/C14H21BrN2O2/c1-10(2)17-9-12(15)7-13(17)14(19)16-5-3-11(8-16)4-6-18/h7,9-11,18H,3-6,8H2,1-2H3. The Kier molecular flexibility index (Phi) is 4.68. The SMILES string of the molecule is CC(C)n1cc(Br)cc1C(=O)N1CCC(CCO)C1. The monoisotopic (exact) mass is 328 g/mol. The molecule has 19 heavy (non-hydrogen) atoms. The van der Waals surface area contributed by atoms with Gasteiger partial charge in [0.25, 0.3) is 5.91 Å². The first-order chi connectivity index (χ1) is 9.02. The number of aliphatic hydroxyl groups is 1. The molecule has 1 fully saturated rings. The Morgan fingerprint density at radius 3 is 2.95 bits per heavy atom. The molecule has 1 unspecified atom stereocenters. The molecule has 1 amide bonds. The number of carbonyl (C=O) groups excluding carboxylic acids is 1. The molecule has 1 saturated heterocycles. The van der Waals surface area contributed by atoms with Crippen LogP contribution in [0.25, 0.3) is 0 Å². The molecule has 1 aliphatic rings. The van der Waals surface area contributed by atoms with E-state index in [-0.39, 0.29) is 18.6 Å². The van der Waals surface area contributed by atoms with E-state index in [0.717, 1.165) is 36.1 Å². The van der Waals surface area contributed by atoms with Gasteiger partial charge in [0.05, 0.1) is 0 Å². The van der Waals surface area contributed by atoms with Gasteiger partial charge in [-0.05, 0) is 54.6 Å². The van der Waals surface area contributed by atoms with Crippen molar-refractivity contribution in [3.8, 4) is 0 Å². The molecule has 1 aromatic heterocycles. The zero-order chi connectivity index (χ0) is 14.0. The minimum atomic E-state index is 0.0971. The van der Waals surface area contributed by atoms with Crippen molar-refractivity contribution in [1.29, 1.82) is 0 Å². The van der Waals surface area contributed by atoms with Crippen molar-refractivity contribution in [2.24, 2.45) is 5.92 Å². The molecule has 1 aromatic rings. The van der Waals surface area contributed by atoms with Crippen molar-refractivity contribution in [3.63, 3.8) is 0 Å². The van der Waals surface area contributed by atoms with Gasteiger partial charge in [-0.25, -0.2) is 0 Å². The number of likely N-dealkylation sites (tertiary alicyclic amines) is 1. The number of nitrogens with zero attached hydrogens (tertiary/aromatic N) is 2. The fourth-order valence-electron chi connectivity index (χ4n) is 2.64. The van der Waals surface area contributed by atoms with E-state index in [4.69, 9.17) is 5.11 Å². The van der Waals surface area contributed by atoms with Gasteiger partial charge < -0.3 is 14.6 Å². The van der Waals surface area contributed by atoms with E-state index in [0.29, 0.717) is 5.92 Å². The van der Waals surface area contributed by atoms with Crippen LogP contribution in [0.5, 0.6) is 0 Å². The topological polar surface area (TPSA) is 45.5 Å². The van der Waals surface area contributed by atoms with E-state index in [1.54, 1.807) is 0 Å². The normalized spacial score (nSPS) is 19.4. The second-order valence-electron chi connectivity index (χ2n) is 5.46. The molecule has 0 saturated carbocycles. The Balaban J connectivity index is 2.12. The lowest BCUT2D eigenvalue weighted by atomic mass is 10.1. The number of hydrogen-bond donors (Lipinski definition) is 1. The number of carbonyl (C=O) groups is 1. The van der Waals surface area contributed by atoms with E-state index in [9.17, 15) is 4.79 Å². The van der Waals surface area contributed by atoms with Crippen LogP contribution in [0.4, 0.5) is 0 Å². The molecule has 2 rings (SSSR count). The van der Waals surface area contributed by atoms with Gasteiger partial charge >= 0.3 is 0 Å². The molecule has 5 heteroatoms. The summed E-state index contributed by atoms with van der Waals surface area (Å²) < 4.78 is 2.95. The first kappa shape index (κ1) is 14.6.